The molecule has 0 aliphatic heterocycles. The monoisotopic (exact) mass is 242 g/mol. The Labute approximate surface area is 105 Å². The summed E-state index contributed by atoms with van der Waals surface area (Å²) in [6.45, 7) is 10.2. The van der Waals surface area contributed by atoms with Gasteiger partial charge in [0.25, 0.3) is 0 Å². The van der Waals surface area contributed by atoms with Crippen molar-refractivity contribution >= 4 is 5.78 Å². The second-order valence-corrected chi connectivity index (χ2v) is 6.69. The standard InChI is InChI=1S/C14H26O3/c1-10(15)11-12(2,3)8-14(16-6,17-7)9-13(11,4)5/h11H,8-9H2,1-7H3. The molecule has 0 bridgehead atoms. The van der Waals surface area contributed by atoms with Crippen LogP contribution in [0.2, 0.25) is 0 Å². The van der Waals surface area contributed by atoms with E-state index in [0.29, 0.717) is 0 Å². The molecule has 1 saturated carbocycles. The van der Waals surface area contributed by atoms with Crippen molar-refractivity contribution < 1.29 is 14.3 Å². The van der Waals surface area contributed by atoms with Crippen LogP contribution >= 0.6 is 0 Å². The van der Waals surface area contributed by atoms with Gasteiger partial charge in [0.15, 0.2) is 5.79 Å². The van der Waals surface area contributed by atoms with Gasteiger partial charge in [0.2, 0.25) is 0 Å². The van der Waals surface area contributed by atoms with Crippen LogP contribution in [-0.4, -0.2) is 25.8 Å². The van der Waals surface area contributed by atoms with Gasteiger partial charge in [0.05, 0.1) is 0 Å². The Kier molecular flexibility index (Phi) is 3.76. The fraction of sp³-hybridized carbons (Fsp3) is 0.929. The van der Waals surface area contributed by atoms with Crippen molar-refractivity contribution in [1.29, 1.82) is 0 Å². The third-order valence-electron chi connectivity index (χ3n) is 4.16. The summed E-state index contributed by atoms with van der Waals surface area (Å²) in [5, 5.41) is 0. The maximum absolute atomic E-state index is 11.9. The van der Waals surface area contributed by atoms with E-state index in [1.165, 1.54) is 0 Å². The largest absolute Gasteiger partial charge is 0.353 e. The van der Waals surface area contributed by atoms with Gasteiger partial charge in [-0.2, -0.15) is 0 Å². The summed E-state index contributed by atoms with van der Waals surface area (Å²) in [5.41, 5.74) is -0.223. The Bertz CT molecular complexity index is 281. The number of ether oxygens (including phenoxy) is 2. The minimum absolute atomic E-state index is 0.0495. The molecular formula is C14H26O3. The van der Waals surface area contributed by atoms with E-state index in [0.717, 1.165) is 12.8 Å². The molecule has 3 heteroatoms. The molecule has 0 aromatic rings. The van der Waals surface area contributed by atoms with Crippen molar-refractivity contribution in [3.8, 4) is 0 Å². The van der Waals surface area contributed by atoms with Crippen LogP contribution in [0.25, 0.3) is 0 Å². The molecule has 0 unspecified atom stereocenters. The smallest absolute Gasteiger partial charge is 0.168 e. The molecule has 0 aromatic carbocycles. The third kappa shape index (κ3) is 2.55. The van der Waals surface area contributed by atoms with Crippen LogP contribution in [0.4, 0.5) is 0 Å². The second-order valence-electron chi connectivity index (χ2n) is 6.69. The van der Waals surface area contributed by atoms with Crippen molar-refractivity contribution in [2.24, 2.45) is 16.7 Å². The Morgan fingerprint density at radius 2 is 1.35 bits per heavy atom. The van der Waals surface area contributed by atoms with Crippen LogP contribution in [0.1, 0.15) is 47.5 Å². The topological polar surface area (TPSA) is 35.5 Å². The molecule has 0 spiro atoms. The average Bonchev–Trinajstić information content (AvgIpc) is 2.12. The lowest BCUT2D eigenvalue weighted by Gasteiger charge is -2.54. The molecule has 0 amide bonds. The summed E-state index contributed by atoms with van der Waals surface area (Å²) in [5.74, 6) is -0.242. The van der Waals surface area contributed by atoms with Crippen LogP contribution in [0, 0.1) is 16.7 Å². The number of methoxy groups -OCH3 is 2. The van der Waals surface area contributed by atoms with Gasteiger partial charge in [0, 0.05) is 33.0 Å². The van der Waals surface area contributed by atoms with Crippen molar-refractivity contribution in [1.82, 2.24) is 0 Å². The quantitative estimate of drug-likeness (QED) is 0.714. The maximum Gasteiger partial charge on any atom is 0.168 e. The van der Waals surface area contributed by atoms with Gasteiger partial charge >= 0.3 is 0 Å². The van der Waals surface area contributed by atoms with Gasteiger partial charge in [-0.15, -0.1) is 0 Å². The predicted molar refractivity (Wildman–Crippen MR) is 67.7 cm³/mol. The van der Waals surface area contributed by atoms with Crippen LogP contribution in [0.3, 0.4) is 0 Å². The maximum atomic E-state index is 11.9. The summed E-state index contributed by atoms with van der Waals surface area (Å²) in [7, 11) is 3.37. The fourth-order valence-corrected chi connectivity index (χ4v) is 4.19. The van der Waals surface area contributed by atoms with Gasteiger partial charge in [-0.25, -0.2) is 0 Å². The first-order valence-electron chi connectivity index (χ1n) is 6.21. The molecule has 1 fully saturated rings. The van der Waals surface area contributed by atoms with E-state index in [9.17, 15) is 4.79 Å². The molecule has 1 rings (SSSR count). The zero-order valence-corrected chi connectivity index (χ0v) is 12.2. The zero-order chi connectivity index (χ0) is 13.5. The van der Waals surface area contributed by atoms with E-state index in [4.69, 9.17) is 9.47 Å². The van der Waals surface area contributed by atoms with Crippen molar-refractivity contribution in [2.75, 3.05) is 14.2 Å². The van der Waals surface area contributed by atoms with Crippen LogP contribution in [0.15, 0.2) is 0 Å². The fourth-order valence-electron chi connectivity index (χ4n) is 4.19. The molecule has 1 aliphatic rings. The number of carbonyl (C=O) groups is 1. The molecular weight excluding hydrogens is 216 g/mol. The van der Waals surface area contributed by atoms with Crippen molar-refractivity contribution in [3.05, 3.63) is 0 Å². The Balaban J connectivity index is 3.17. The lowest BCUT2D eigenvalue weighted by molar-refractivity contribution is -0.270. The van der Waals surface area contributed by atoms with E-state index >= 15 is 0 Å². The van der Waals surface area contributed by atoms with Crippen molar-refractivity contribution in [2.45, 2.75) is 53.2 Å². The molecule has 0 N–H and O–H groups in total. The second kappa shape index (κ2) is 4.36. The first-order valence-corrected chi connectivity index (χ1v) is 6.21. The molecule has 0 radical (unpaired) electrons. The highest BCUT2D eigenvalue weighted by Gasteiger charge is 2.56. The number of ketones is 1. The number of Topliss-reactive ketones (excluding diaryl/α,β-unsaturated/α-hetero) is 1. The lowest BCUT2D eigenvalue weighted by Crippen LogP contribution is -2.55. The average molecular weight is 242 g/mol. The highest BCUT2D eigenvalue weighted by Crippen LogP contribution is 2.55. The van der Waals surface area contributed by atoms with Gasteiger partial charge in [-0.3, -0.25) is 4.79 Å². The molecule has 100 valence electrons. The Morgan fingerprint density at radius 1 is 1.00 bits per heavy atom. The van der Waals surface area contributed by atoms with Crippen molar-refractivity contribution in [3.63, 3.8) is 0 Å². The summed E-state index contributed by atoms with van der Waals surface area (Å²) in [4.78, 5) is 11.9. The number of hydrogen-bond donors (Lipinski definition) is 0. The van der Waals surface area contributed by atoms with Gasteiger partial charge in [-0.05, 0) is 17.8 Å². The third-order valence-corrected chi connectivity index (χ3v) is 4.16. The Morgan fingerprint density at radius 3 is 1.59 bits per heavy atom. The number of rotatable bonds is 3. The van der Waals surface area contributed by atoms with E-state index in [1.807, 2.05) is 0 Å². The number of hydrogen-bond acceptors (Lipinski definition) is 3. The van der Waals surface area contributed by atoms with Gasteiger partial charge in [-0.1, -0.05) is 27.7 Å². The first kappa shape index (κ1) is 14.7. The normalized spacial score (nSPS) is 26.8. The number of carbonyl (C=O) groups excluding carboxylic acids is 1. The highest BCUT2D eigenvalue weighted by atomic mass is 16.7. The van der Waals surface area contributed by atoms with Gasteiger partial charge in [0.1, 0.15) is 5.78 Å². The predicted octanol–water partition coefficient (Wildman–Crippen LogP) is 3.03. The first-order chi connectivity index (χ1) is 7.60. The highest BCUT2D eigenvalue weighted by molar-refractivity contribution is 5.80. The van der Waals surface area contributed by atoms with Crippen LogP contribution < -0.4 is 0 Å². The summed E-state index contributed by atoms with van der Waals surface area (Å²) in [6, 6.07) is 0. The van der Waals surface area contributed by atoms with E-state index in [1.54, 1.807) is 21.1 Å². The van der Waals surface area contributed by atoms with E-state index in [2.05, 4.69) is 27.7 Å². The summed E-state index contributed by atoms with van der Waals surface area (Å²) in [6.07, 6.45) is 1.50. The minimum atomic E-state index is -0.557. The lowest BCUT2D eigenvalue weighted by atomic mass is 9.54. The van der Waals surface area contributed by atoms with E-state index < -0.39 is 5.79 Å². The molecule has 0 aromatic heterocycles. The molecule has 0 atom stereocenters. The SMILES string of the molecule is COC1(OC)CC(C)(C)C(C(C)=O)C(C)(C)C1. The van der Waals surface area contributed by atoms with E-state index in [-0.39, 0.29) is 22.5 Å². The summed E-state index contributed by atoms with van der Waals surface area (Å²) < 4.78 is 11.2. The molecule has 0 heterocycles. The zero-order valence-electron chi connectivity index (χ0n) is 12.2. The summed E-state index contributed by atoms with van der Waals surface area (Å²) >= 11 is 0. The minimum Gasteiger partial charge on any atom is -0.353 e. The molecule has 1 aliphatic carbocycles. The molecule has 17 heavy (non-hydrogen) atoms. The van der Waals surface area contributed by atoms with Crippen LogP contribution in [0.5, 0.6) is 0 Å². The molecule has 0 saturated heterocycles. The molecule has 3 nitrogen and oxygen atoms in total. The van der Waals surface area contributed by atoms with Gasteiger partial charge < -0.3 is 9.47 Å². The Hall–Kier alpha value is -0.410. The van der Waals surface area contributed by atoms with Crippen LogP contribution in [-0.2, 0) is 14.3 Å².